The van der Waals surface area contributed by atoms with Crippen molar-refractivity contribution in [3.8, 4) is 5.75 Å². The smallest absolute Gasteiger partial charge is 0.439 e. The molecule has 25 heavy (non-hydrogen) atoms. The second-order valence-corrected chi connectivity index (χ2v) is 6.42. The molecule has 136 valence electrons. The number of halogens is 3. The van der Waals surface area contributed by atoms with Crippen molar-refractivity contribution in [2.75, 3.05) is 6.61 Å². The first-order valence-electron chi connectivity index (χ1n) is 8.12. The highest BCUT2D eigenvalue weighted by molar-refractivity contribution is 5.93. The third-order valence-electron chi connectivity index (χ3n) is 4.65. The lowest BCUT2D eigenvalue weighted by atomic mass is 9.80. The number of hydrazone groups is 1. The van der Waals surface area contributed by atoms with Gasteiger partial charge in [0, 0.05) is 5.71 Å². The van der Waals surface area contributed by atoms with Gasteiger partial charge in [0.15, 0.2) is 6.61 Å². The fourth-order valence-electron chi connectivity index (χ4n) is 3.31. The fourth-order valence-corrected chi connectivity index (χ4v) is 3.31. The fraction of sp³-hybridized carbons (Fsp3) is 0.529. The molecule has 3 rings (SSSR count). The van der Waals surface area contributed by atoms with E-state index in [-0.39, 0.29) is 17.1 Å². The number of fused-ring (bicyclic) bond motifs is 1. The van der Waals surface area contributed by atoms with Crippen molar-refractivity contribution < 1.29 is 27.8 Å². The van der Waals surface area contributed by atoms with Crippen molar-refractivity contribution in [3.63, 3.8) is 0 Å². The zero-order valence-electron chi connectivity index (χ0n) is 13.7. The van der Waals surface area contributed by atoms with Gasteiger partial charge in [-0.1, -0.05) is 24.1 Å². The highest BCUT2D eigenvalue weighted by atomic mass is 19.4. The van der Waals surface area contributed by atoms with E-state index in [2.05, 4.69) is 5.10 Å². The molecule has 1 amide bonds. The number of alkyl halides is 3. The Balaban J connectivity index is 1.79. The number of rotatable bonds is 3. The van der Waals surface area contributed by atoms with Gasteiger partial charge < -0.3 is 9.84 Å². The molecule has 0 aromatic heterocycles. The molecule has 0 bridgehead atoms. The molecule has 1 aliphatic heterocycles. The topological polar surface area (TPSA) is 62.1 Å². The number of hydrogen-bond donors (Lipinski definition) is 1. The zero-order valence-corrected chi connectivity index (χ0v) is 13.7. The van der Waals surface area contributed by atoms with Crippen molar-refractivity contribution in [1.29, 1.82) is 0 Å². The summed E-state index contributed by atoms with van der Waals surface area (Å²) < 4.78 is 46.0. The van der Waals surface area contributed by atoms with E-state index in [0.29, 0.717) is 25.0 Å². The molecule has 0 unspecified atom stereocenters. The summed E-state index contributed by atoms with van der Waals surface area (Å²) in [5.41, 5.74) is -2.08. The second kappa shape index (κ2) is 6.33. The molecular weight excluding hydrogens is 337 g/mol. The van der Waals surface area contributed by atoms with Crippen LogP contribution in [0.5, 0.6) is 5.75 Å². The zero-order chi connectivity index (χ0) is 18.2. The molecule has 0 saturated heterocycles. The average Bonchev–Trinajstić information content (AvgIpc) is 2.89. The third-order valence-corrected chi connectivity index (χ3v) is 4.65. The molecule has 1 fully saturated rings. The average molecular weight is 356 g/mol. The quantitative estimate of drug-likeness (QED) is 0.906. The molecule has 8 heteroatoms. The molecule has 0 radical (unpaired) electrons. The van der Waals surface area contributed by atoms with Gasteiger partial charge in [0.25, 0.3) is 11.6 Å². The molecule has 2 atom stereocenters. The molecule has 2 aliphatic rings. The highest BCUT2D eigenvalue weighted by Crippen LogP contribution is 2.48. The molecular formula is C17H19F3N2O3. The summed E-state index contributed by atoms with van der Waals surface area (Å²) in [5.74, 6) is -1.87. The monoisotopic (exact) mass is 356 g/mol. The number of ether oxygens (including phenoxy) is 1. The van der Waals surface area contributed by atoms with Crippen LogP contribution in [0.15, 0.2) is 29.4 Å². The normalized spacial score (nSPS) is 26.2. The van der Waals surface area contributed by atoms with Crippen LogP contribution in [0, 0.1) is 12.8 Å². The summed E-state index contributed by atoms with van der Waals surface area (Å²) in [6, 6.07) is 6.76. The van der Waals surface area contributed by atoms with Gasteiger partial charge in [-0.05, 0) is 38.3 Å². The second-order valence-electron chi connectivity index (χ2n) is 6.42. The molecule has 1 heterocycles. The van der Waals surface area contributed by atoms with E-state index >= 15 is 0 Å². The van der Waals surface area contributed by atoms with E-state index in [1.165, 1.54) is 0 Å². The van der Waals surface area contributed by atoms with Crippen molar-refractivity contribution in [1.82, 2.24) is 5.01 Å². The van der Waals surface area contributed by atoms with E-state index in [9.17, 15) is 23.1 Å². The Kier molecular flexibility index (Phi) is 4.49. The van der Waals surface area contributed by atoms with Crippen LogP contribution >= 0.6 is 0 Å². The summed E-state index contributed by atoms with van der Waals surface area (Å²) >= 11 is 0. The number of amides is 1. The number of aryl methyl sites for hydroxylation is 1. The lowest BCUT2D eigenvalue weighted by Gasteiger charge is -2.38. The van der Waals surface area contributed by atoms with Gasteiger partial charge in [-0.15, -0.1) is 0 Å². The SMILES string of the molecule is Cc1ccc(OCC(=O)N2N=C3CCCC[C@@H]3[C@]2(O)C(F)(F)F)cc1. The lowest BCUT2D eigenvalue weighted by Crippen LogP contribution is -2.62. The molecule has 5 nitrogen and oxygen atoms in total. The molecule has 1 aromatic carbocycles. The first-order valence-corrected chi connectivity index (χ1v) is 8.12. The number of benzene rings is 1. The van der Waals surface area contributed by atoms with Crippen molar-refractivity contribution in [2.24, 2.45) is 11.0 Å². The Labute approximate surface area is 143 Å². The van der Waals surface area contributed by atoms with Crippen LogP contribution in [0.1, 0.15) is 31.2 Å². The van der Waals surface area contributed by atoms with Crippen molar-refractivity contribution >= 4 is 11.6 Å². The van der Waals surface area contributed by atoms with E-state index in [1.54, 1.807) is 24.3 Å². The van der Waals surface area contributed by atoms with Crippen LogP contribution in [0.3, 0.4) is 0 Å². The van der Waals surface area contributed by atoms with Gasteiger partial charge in [0.2, 0.25) is 0 Å². The van der Waals surface area contributed by atoms with E-state index in [0.717, 1.165) is 5.56 Å². The maximum absolute atomic E-state index is 13.6. The first-order chi connectivity index (χ1) is 11.7. The molecule has 0 spiro atoms. The first kappa shape index (κ1) is 17.7. The summed E-state index contributed by atoms with van der Waals surface area (Å²) in [7, 11) is 0. The summed E-state index contributed by atoms with van der Waals surface area (Å²) in [4.78, 5) is 12.3. The maximum atomic E-state index is 13.6. The third kappa shape index (κ3) is 3.10. The van der Waals surface area contributed by atoms with Gasteiger partial charge >= 0.3 is 6.18 Å². The van der Waals surface area contributed by atoms with Crippen molar-refractivity contribution in [3.05, 3.63) is 29.8 Å². The predicted molar refractivity (Wildman–Crippen MR) is 83.9 cm³/mol. The van der Waals surface area contributed by atoms with Crippen LogP contribution in [-0.4, -0.2) is 40.2 Å². The Morgan fingerprint density at radius 1 is 1.36 bits per heavy atom. The summed E-state index contributed by atoms with van der Waals surface area (Å²) in [6.45, 7) is 1.24. The largest absolute Gasteiger partial charge is 0.484 e. The number of carbonyl (C=O) groups is 1. The molecule has 1 aromatic rings. The van der Waals surface area contributed by atoms with Crippen LogP contribution < -0.4 is 4.74 Å². The minimum Gasteiger partial charge on any atom is -0.484 e. The van der Waals surface area contributed by atoms with Gasteiger partial charge in [-0.25, -0.2) is 0 Å². The van der Waals surface area contributed by atoms with Gasteiger partial charge in [0.1, 0.15) is 5.75 Å². The summed E-state index contributed by atoms with van der Waals surface area (Å²) in [6.07, 6.45) is -3.24. The molecule has 1 aliphatic carbocycles. The Morgan fingerprint density at radius 2 is 2.04 bits per heavy atom. The number of hydrogen-bond acceptors (Lipinski definition) is 4. The van der Waals surface area contributed by atoms with E-state index in [1.807, 2.05) is 6.92 Å². The minimum atomic E-state index is -5.00. The van der Waals surface area contributed by atoms with E-state index in [4.69, 9.17) is 4.74 Å². The minimum absolute atomic E-state index is 0.150. The number of carbonyl (C=O) groups excluding carboxylic acids is 1. The number of aliphatic hydroxyl groups is 1. The van der Waals surface area contributed by atoms with Crippen molar-refractivity contribution in [2.45, 2.75) is 44.5 Å². The molecule has 1 saturated carbocycles. The summed E-state index contributed by atoms with van der Waals surface area (Å²) in [5, 5.41) is 14.4. The standard InChI is InChI=1S/C17H19F3N2O3/c1-11-6-8-12(9-7-11)25-10-15(23)22-16(24,17(18,19)20)13-4-2-3-5-14(13)21-22/h6-9,13,24H,2-5,10H2,1H3/t13-,16-/m0/s1. The predicted octanol–water partition coefficient (Wildman–Crippen LogP) is 3.01. The number of nitrogens with zero attached hydrogens (tertiary/aromatic N) is 2. The van der Waals surface area contributed by atoms with Crippen LogP contribution in [-0.2, 0) is 4.79 Å². The van der Waals surface area contributed by atoms with Gasteiger partial charge in [-0.3, -0.25) is 4.79 Å². The van der Waals surface area contributed by atoms with E-state index < -0.39 is 30.3 Å². The Hall–Kier alpha value is -2.09. The van der Waals surface area contributed by atoms with Gasteiger partial charge in [0.05, 0.1) is 5.92 Å². The lowest BCUT2D eigenvalue weighted by molar-refractivity contribution is -0.317. The highest BCUT2D eigenvalue weighted by Gasteiger charge is 2.68. The van der Waals surface area contributed by atoms with Crippen LogP contribution in [0.25, 0.3) is 0 Å². The van der Waals surface area contributed by atoms with Crippen LogP contribution in [0.4, 0.5) is 13.2 Å². The maximum Gasteiger partial charge on any atom is 0.439 e. The van der Waals surface area contributed by atoms with Crippen LogP contribution in [0.2, 0.25) is 0 Å². The van der Waals surface area contributed by atoms with Gasteiger partial charge in [-0.2, -0.15) is 23.3 Å². The Bertz CT molecular complexity index is 687. The Morgan fingerprint density at radius 3 is 2.68 bits per heavy atom. The molecule has 1 N–H and O–H groups in total.